The lowest BCUT2D eigenvalue weighted by Crippen LogP contribution is -2.42. The largest absolute Gasteiger partial charge is 0.569 e. The summed E-state index contributed by atoms with van der Waals surface area (Å²) >= 11 is 0. The van der Waals surface area contributed by atoms with E-state index < -0.39 is 0 Å². The quantitative estimate of drug-likeness (QED) is 0.411. The predicted octanol–water partition coefficient (Wildman–Crippen LogP) is 1.24. The number of hydrogen-bond acceptors (Lipinski definition) is 3. The van der Waals surface area contributed by atoms with E-state index in [4.69, 9.17) is 10.9 Å². The van der Waals surface area contributed by atoms with Gasteiger partial charge in [0.2, 0.25) is 5.28 Å². The van der Waals surface area contributed by atoms with Crippen LogP contribution in [0.4, 0.5) is 0 Å². The van der Waals surface area contributed by atoms with E-state index in [9.17, 15) is 5.21 Å². The Labute approximate surface area is 89.9 Å². The smallest absolute Gasteiger partial charge is 0.230 e. The van der Waals surface area contributed by atoms with Crippen molar-refractivity contribution in [1.29, 1.82) is 0 Å². The first kappa shape index (κ1) is 12.0. The van der Waals surface area contributed by atoms with Gasteiger partial charge in [0.1, 0.15) is 0 Å². The van der Waals surface area contributed by atoms with Crippen LogP contribution in [0.2, 0.25) is 0 Å². The van der Waals surface area contributed by atoms with Crippen molar-refractivity contribution in [2.24, 2.45) is 11.0 Å². The van der Waals surface area contributed by atoms with Crippen LogP contribution < -0.4 is 5.73 Å². The molecule has 1 saturated carbocycles. The molecule has 6 heteroatoms. The summed E-state index contributed by atoms with van der Waals surface area (Å²) < 4.78 is 0. The highest BCUT2D eigenvalue weighted by Gasteiger charge is 2.26. The minimum absolute atomic E-state index is 0.207. The lowest BCUT2D eigenvalue weighted by Gasteiger charge is -2.29. The van der Waals surface area contributed by atoms with E-state index in [0.29, 0.717) is 18.1 Å². The first-order valence-electron chi connectivity index (χ1n) is 5.58. The average molecular weight is 216 g/mol. The molecule has 1 aliphatic rings. The van der Waals surface area contributed by atoms with Crippen LogP contribution in [0.1, 0.15) is 38.5 Å². The van der Waals surface area contributed by atoms with Gasteiger partial charge < -0.3 is 16.1 Å². The normalized spacial score (nSPS) is 19.1. The van der Waals surface area contributed by atoms with Gasteiger partial charge in [0, 0.05) is 0 Å². The van der Waals surface area contributed by atoms with Gasteiger partial charge in [0.15, 0.2) is 0 Å². The van der Waals surface area contributed by atoms with Gasteiger partial charge in [-0.3, -0.25) is 0 Å². The van der Waals surface area contributed by atoms with E-state index in [1.165, 1.54) is 6.42 Å². The Bertz CT molecular complexity index is 204. The SMILES string of the molecule is NCCCN(C1CCCCC1)/[N+]([O-])=N/O. The van der Waals surface area contributed by atoms with E-state index in [-0.39, 0.29) is 6.04 Å². The molecular formula is C9H20N4O2. The molecule has 0 aromatic heterocycles. The van der Waals surface area contributed by atoms with E-state index in [1.54, 1.807) is 5.01 Å². The molecule has 6 nitrogen and oxygen atoms in total. The lowest BCUT2D eigenvalue weighted by atomic mass is 9.95. The fourth-order valence-electron chi connectivity index (χ4n) is 2.09. The van der Waals surface area contributed by atoms with Gasteiger partial charge in [-0.25, -0.2) is 0 Å². The maximum atomic E-state index is 11.3. The Morgan fingerprint density at radius 3 is 2.60 bits per heavy atom. The predicted molar refractivity (Wildman–Crippen MR) is 55.1 cm³/mol. The standard InChI is InChI=1S/C9H20N4O2/c10-7-4-8-12(13(15)11-14)9-5-2-1-3-6-9/h9,14H,1-8,10H2/b13-11-. The number of hydrazine groups is 1. The summed E-state index contributed by atoms with van der Waals surface area (Å²) in [5, 5.41) is 24.1. The van der Waals surface area contributed by atoms with Crippen LogP contribution in [0.5, 0.6) is 0 Å². The van der Waals surface area contributed by atoms with Crippen LogP contribution in [0.25, 0.3) is 0 Å². The first-order chi connectivity index (χ1) is 7.29. The first-order valence-corrected chi connectivity index (χ1v) is 5.58. The molecular weight excluding hydrogens is 196 g/mol. The monoisotopic (exact) mass is 216 g/mol. The molecule has 0 aromatic carbocycles. The van der Waals surface area contributed by atoms with Crippen molar-refractivity contribution in [3.8, 4) is 0 Å². The van der Waals surface area contributed by atoms with Crippen LogP contribution in [-0.4, -0.2) is 34.3 Å². The molecule has 15 heavy (non-hydrogen) atoms. The van der Waals surface area contributed by atoms with E-state index in [2.05, 4.69) is 5.28 Å². The third-order valence-corrected chi connectivity index (χ3v) is 2.88. The molecule has 88 valence electrons. The van der Waals surface area contributed by atoms with Gasteiger partial charge in [-0.2, -0.15) is 0 Å². The summed E-state index contributed by atoms with van der Waals surface area (Å²) in [5.41, 5.74) is 5.41. The van der Waals surface area contributed by atoms with Gasteiger partial charge >= 0.3 is 0 Å². The van der Waals surface area contributed by atoms with Gasteiger partial charge in [0.25, 0.3) is 0 Å². The van der Waals surface area contributed by atoms with Gasteiger partial charge in [0.05, 0.1) is 17.6 Å². The molecule has 3 N–H and O–H groups in total. The maximum absolute atomic E-state index is 11.3. The molecule has 1 fully saturated rings. The molecule has 0 amide bonds. The second-order valence-corrected chi connectivity index (χ2v) is 3.94. The third kappa shape index (κ3) is 3.54. The summed E-state index contributed by atoms with van der Waals surface area (Å²) in [7, 11) is 0. The zero-order valence-electron chi connectivity index (χ0n) is 9.01. The Morgan fingerprint density at radius 2 is 2.07 bits per heavy atom. The van der Waals surface area contributed by atoms with Crippen molar-refractivity contribution in [3.63, 3.8) is 0 Å². The van der Waals surface area contributed by atoms with Crippen molar-refractivity contribution >= 4 is 0 Å². The van der Waals surface area contributed by atoms with E-state index in [1.807, 2.05) is 0 Å². The molecule has 1 rings (SSSR count). The average Bonchev–Trinajstić information content (AvgIpc) is 2.30. The van der Waals surface area contributed by atoms with E-state index >= 15 is 0 Å². The Kier molecular flexibility index (Phi) is 5.17. The van der Waals surface area contributed by atoms with Gasteiger partial charge in [-0.05, 0) is 25.8 Å². The number of hydrogen-bond donors (Lipinski definition) is 2. The molecule has 0 bridgehead atoms. The van der Waals surface area contributed by atoms with Crippen LogP contribution in [0, 0.1) is 5.21 Å². The zero-order valence-corrected chi connectivity index (χ0v) is 9.01. The maximum Gasteiger partial charge on any atom is 0.230 e. The summed E-state index contributed by atoms with van der Waals surface area (Å²) in [6.45, 7) is 1.11. The highest BCUT2D eigenvalue weighted by atomic mass is 16.6. The van der Waals surface area contributed by atoms with Crippen LogP contribution >= 0.6 is 0 Å². The molecule has 1 aliphatic carbocycles. The molecule has 0 saturated heterocycles. The summed E-state index contributed by atoms with van der Waals surface area (Å²) in [6, 6.07) is 0.207. The molecule has 0 aliphatic heterocycles. The fraction of sp³-hybridized carbons (Fsp3) is 1.00. The minimum Gasteiger partial charge on any atom is -0.569 e. The minimum atomic E-state index is 0.207. The van der Waals surface area contributed by atoms with Crippen molar-refractivity contribution in [2.75, 3.05) is 13.1 Å². The Balaban J connectivity index is 2.53. The molecule has 0 radical (unpaired) electrons. The van der Waals surface area contributed by atoms with Crippen molar-refractivity contribution in [1.82, 2.24) is 5.01 Å². The molecule has 0 unspecified atom stereocenters. The zero-order chi connectivity index (χ0) is 11.1. The number of nitrogens with two attached hydrogens (primary N) is 1. The number of rotatable bonds is 5. The Morgan fingerprint density at radius 1 is 1.40 bits per heavy atom. The highest BCUT2D eigenvalue weighted by Crippen LogP contribution is 2.22. The summed E-state index contributed by atoms with van der Waals surface area (Å²) in [6.07, 6.45) is 6.25. The van der Waals surface area contributed by atoms with Crippen molar-refractivity contribution in [3.05, 3.63) is 5.21 Å². The Hall–Kier alpha value is -1.04. The molecule has 0 aromatic rings. The highest BCUT2D eigenvalue weighted by molar-refractivity contribution is 4.71. The van der Waals surface area contributed by atoms with Crippen molar-refractivity contribution < 1.29 is 10.2 Å². The van der Waals surface area contributed by atoms with Gasteiger partial charge in [-0.1, -0.05) is 19.3 Å². The van der Waals surface area contributed by atoms with Crippen LogP contribution in [0.15, 0.2) is 5.28 Å². The van der Waals surface area contributed by atoms with E-state index in [0.717, 1.165) is 32.1 Å². The summed E-state index contributed by atoms with van der Waals surface area (Å²) in [5.74, 6) is 0. The van der Waals surface area contributed by atoms with Crippen LogP contribution in [-0.2, 0) is 0 Å². The summed E-state index contributed by atoms with van der Waals surface area (Å²) in [4.78, 5) is 0.297. The molecule has 0 atom stereocenters. The third-order valence-electron chi connectivity index (χ3n) is 2.88. The second-order valence-electron chi connectivity index (χ2n) is 3.94. The van der Waals surface area contributed by atoms with Gasteiger partial charge in [-0.15, -0.1) is 5.01 Å². The molecule has 0 heterocycles. The van der Waals surface area contributed by atoms with Crippen molar-refractivity contribution in [2.45, 2.75) is 44.6 Å². The fourth-order valence-corrected chi connectivity index (χ4v) is 2.09. The molecule has 0 spiro atoms. The van der Waals surface area contributed by atoms with Crippen LogP contribution in [0.3, 0.4) is 0 Å². The lowest BCUT2D eigenvalue weighted by molar-refractivity contribution is -0.718. The second kappa shape index (κ2) is 6.44. The number of nitrogens with zero attached hydrogens (tertiary/aromatic N) is 3. The topological polar surface area (TPSA) is 87.9 Å².